The van der Waals surface area contributed by atoms with Crippen LogP contribution in [0.5, 0.6) is 0 Å². The molecule has 1 atom stereocenters. The van der Waals surface area contributed by atoms with Crippen LogP contribution in [0.2, 0.25) is 0 Å². The van der Waals surface area contributed by atoms with E-state index in [1.807, 2.05) is 37.3 Å². The number of pyridine rings is 1. The Bertz CT molecular complexity index is 899. The van der Waals surface area contributed by atoms with Gasteiger partial charge in [0.15, 0.2) is 6.29 Å². The standard InChI is InChI=1S/C20H15F2NOS/c1-13-9-15(12-24)23-11-18(13)20(25-16-5-3-2-4-6-16)17-10-14(21)7-8-19(17)22/h2-12,20H,1H3. The summed E-state index contributed by atoms with van der Waals surface area (Å²) in [5, 5.41) is -0.480. The quantitative estimate of drug-likeness (QED) is 0.456. The number of carbonyl (C=O) groups excluding carboxylic acids is 1. The number of aldehydes is 1. The van der Waals surface area contributed by atoms with Crippen LogP contribution >= 0.6 is 11.8 Å². The van der Waals surface area contributed by atoms with Crippen molar-refractivity contribution < 1.29 is 13.6 Å². The second-order valence-electron chi connectivity index (χ2n) is 5.56. The fourth-order valence-electron chi connectivity index (χ4n) is 2.57. The van der Waals surface area contributed by atoms with Crippen LogP contribution in [0.15, 0.2) is 65.7 Å². The lowest BCUT2D eigenvalue weighted by Crippen LogP contribution is -2.05. The topological polar surface area (TPSA) is 30.0 Å². The summed E-state index contributed by atoms with van der Waals surface area (Å²) in [5.41, 5.74) is 2.10. The van der Waals surface area contributed by atoms with E-state index in [-0.39, 0.29) is 5.56 Å². The van der Waals surface area contributed by atoms with Crippen molar-refractivity contribution in [3.05, 3.63) is 94.8 Å². The first-order valence-corrected chi connectivity index (χ1v) is 8.55. The molecule has 0 saturated carbocycles. The van der Waals surface area contributed by atoms with Gasteiger partial charge < -0.3 is 0 Å². The Morgan fingerprint density at radius 3 is 2.48 bits per heavy atom. The van der Waals surface area contributed by atoms with Gasteiger partial charge in [0.05, 0.1) is 5.25 Å². The van der Waals surface area contributed by atoms with Crippen LogP contribution in [-0.2, 0) is 0 Å². The summed E-state index contributed by atoms with van der Waals surface area (Å²) in [5.74, 6) is -0.973. The van der Waals surface area contributed by atoms with Crippen molar-refractivity contribution in [3.63, 3.8) is 0 Å². The molecule has 0 aliphatic heterocycles. The Balaban J connectivity index is 2.11. The summed E-state index contributed by atoms with van der Waals surface area (Å²) in [6, 6.07) is 14.6. The first kappa shape index (κ1) is 17.3. The Hall–Kier alpha value is -2.53. The van der Waals surface area contributed by atoms with Gasteiger partial charge in [0.25, 0.3) is 0 Å². The molecule has 1 heterocycles. The van der Waals surface area contributed by atoms with Crippen molar-refractivity contribution in [2.75, 3.05) is 0 Å². The van der Waals surface area contributed by atoms with Crippen LogP contribution in [-0.4, -0.2) is 11.3 Å². The minimum Gasteiger partial charge on any atom is -0.296 e. The molecule has 3 aromatic rings. The van der Waals surface area contributed by atoms with Crippen LogP contribution in [0.4, 0.5) is 8.78 Å². The maximum Gasteiger partial charge on any atom is 0.168 e. The van der Waals surface area contributed by atoms with E-state index in [2.05, 4.69) is 4.98 Å². The first-order chi connectivity index (χ1) is 12.1. The lowest BCUT2D eigenvalue weighted by Gasteiger charge is -2.20. The zero-order valence-corrected chi connectivity index (χ0v) is 14.3. The number of benzene rings is 2. The highest BCUT2D eigenvalue weighted by Gasteiger charge is 2.22. The highest BCUT2D eigenvalue weighted by atomic mass is 32.2. The smallest absolute Gasteiger partial charge is 0.168 e. The van der Waals surface area contributed by atoms with E-state index in [4.69, 9.17) is 0 Å². The maximum absolute atomic E-state index is 14.4. The van der Waals surface area contributed by atoms with Gasteiger partial charge in [0, 0.05) is 16.7 Å². The van der Waals surface area contributed by atoms with Crippen LogP contribution in [0.3, 0.4) is 0 Å². The third kappa shape index (κ3) is 3.94. The predicted molar refractivity (Wildman–Crippen MR) is 94.9 cm³/mol. The van der Waals surface area contributed by atoms with E-state index in [1.165, 1.54) is 17.8 Å². The molecule has 0 aliphatic carbocycles. The Morgan fingerprint density at radius 1 is 1.04 bits per heavy atom. The molecule has 2 aromatic carbocycles. The second kappa shape index (κ2) is 7.57. The fourth-order valence-corrected chi connectivity index (χ4v) is 3.84. The summed E-state index contributed by atoms with van der Waals surface area (Å²) in [6.07, 6.45) is 2.23. The molecule has 5 heteroatoms. The molecule has 1 aromatic heterocycles. The summed E-state index contributed by atoms with van der Waals surface area (Å²) in [7, 11) is 0. The largest absolute Gasteiger partial charge is 0.296 e. The Morgan fingerprint density at radius 2 is 1.80 bits per heavy atom. The molecule has 0 radical (unpaired) electrons. The number of aromatic nitrogens is 1. The normalized spacial score (nSPS) is 12.0. The molecule has 0 fully saturated rings. The number of halogens is 2. The number of nitrogens with zero attached hydrogens (tertiary/aromatic N) is 1. The zero-order chi connectivity index (χ0) is 17.8. The maximum atomic E-state index is 14.4. The van der Waals surface area contributed by atoms with Gasteiger partial charge in [-0.2, -0.15) is 0 Å². The molecule has 1 unspecified atom stereocenters. The second-order valence-corrected chi connectivity index (χ2v) is 6.74. The van der Waals surface area contributed by atoms with E-state index < -0.39 is 16.9 Å². The number of hydrogen-bond donors (Lipinski definition) is 0. The number of aryl methyl sites for hydroxylation is 1. The molecule has 25 heavy (non-hydrogen) atoms. The average Bonchev–Trinajstić information content (AvgIpc) is 2.63. The Labute approximate surface area is 148 Å². The predicted octanol–water partition coefficient (Wildman–Crippen LogP) is 5.36. The molecule has 0 aliphatic rings. The van der Waals surface area contributed by atoms with E-state index in [9.17, 15) is 13.6 Å². The number of carbonyl (C=O) groups is 1. The van der Waals surface area contributed by atoms with Crippen LogP contribution in [0, 0.1) is 18.6 Å². The number of hydrogen-bond acceptors (Lipinski definition) is 3. The molecule has 0 amide bonds. The third-order valence-electron chi connectivity index (χ3n) is 3.81. The monoisotopic (exact) mass is 355 g/mol. The molecule has 0 bridgehead atoms. The summed E-state index contributed by atoms with van der Waals surface area (Å²) in [4.78, 5) is 15.9. The van der Waals surface area contributed by atoms with Crippen molar-refractivity contribution in [2.24, 2.45) is 0 Å². The van der Waals surface area contributed by atoms with Gasteiger partial charge in [0.1, 0.15) is 17.3 Å². The molecule has 0 saturated heterocycles. The highest BCUT2D eigenvalue weighted by molar-refractivity contribution is 7.99. The highest BCUT2D eigenvalue weighted by Crippen LogP contribution is 2.42. The van der Waals surface area contributed by atoms with Crippen molar-refractivity contribution in [1.29, 1.82) is 0 Å². The minimum atomic E-state index is -0.495. The van der Waals surface area contributed by atoms with Gasteiger partial charge in [-0.05, 0) is 54.4 Å². The lowest BCUT2D eigenvalue weighted by molar-refractivity contribution is 0.111. The average molecular weight is 355 g/mol. The van der Waals surface area contributed by atoms with Gasteiger partial charge in [-0.1, -0.05) is 18.2 Å². The van der Waals surface area contributed by atoms with Gasteiger partial charge in [-0.3, -0.25) is 9.78 Å². The lowest BCUT2D eigenvalue weighted by atomic mass is 10.0. The molecular weight excluding hydrogens is 340 g/mol. The molecule has 126 valence electrons. The molecule has 2 nitrogen and oxygen atoms in total. The van der Waals surface area contributed by atoms with Gasteiger partial charge in [0.2, 0.25) is 0 Å². The minimum absolute atomic E-state index is 0.248. The van der Waals surface area contributed by atoms with Crippen molar-refractivity contribution in [3.8, 4) is 0 Å². The van der Waals surface area contributed by atoms with E-state index in [0.717, 1.165) is 28.2 Å². The molecule has 3 rings (SSSR count). The fraction of sp³-hybridized carbons (Fsp3) is 0.100. The number of rotatable bonds is 5. The van der Waals surface area contributed by atoms with Crippen molar-refractivity contribution in [2.45, 2.75) is 17.1 Å². The summed E-state index contributed by atoms with van der Waals surface area (Å²) >= 11 is 1.41. The van der Waals surface area contributed by atoms with Gasteiger partial charge in [-0.25, -0.2) is 8.78 Å². The van der Waals surface area contributed by atoms with E-state index >= 15 is 0 Å². The third-order valence-corrected chi connectivity index (χ3v) is 5.10. The van der Waals surface area contributed by atoms with Gasteiger partial charge in [-0.15, -0.1) is 11.8 Å². The van der Waals surface area contributed by atoms with Crippen LogP contribution in [0.1, 0.15) is 32.4 Å². The zero-order valence-electron chi connectivity index (χ0n) is 13.4. The van der Waals surface area contributed by atoms with Gasteiger partial charge >= 0.3 is 0 Å². The van der Waals surface area contributed by atoms with Crippen LogP contribution in [0.25, 0.3) is 0 Å². The van der Waals surface area contributed by atoms with Crippen molar-refractivity contribution >= 4 is 18.0 Å². The molecule has 0 N–H and O–H groups in total. The van der Waals surface area contributed by atoms with E-state index in [0.29, 0.717) is 12.0 Å². The van der Waals surface area contributed by atoms with Crippen LogP contribution < -0.4 is 0 Å². The number of thioether (sulfide) groups is 1. The molecule has 0 spiro atoms. The molecular formula is C20H15F2NOS. The van der Waals surface area contributed by atoms with E-state index in [1.54, 1.807) is 12.3 Å². The van der Waals surface area contributed by atoms with Crippen molar-refractivity contribution in [1.82, 2.24) is 4.98 Å². The summed E-state index contributed by atoms with van der Waals surface area (Å²) < 4.78 is 28.2. The Kier molecular flexibility index (Phi) is 5.24. The SMILES string of the molecule is Cc1cc(C=O)ncc1C(Sc1ccccc1)c1cc(F)ccc1F. The first-order valence-electron chi connectivity index (χ1n) is 7.67. The summed E-state index contributed by atoms with van der Waals surface area (Å²) in [6.45, 7) is 1.83.